The molecule has 0 amide bonds. The first-order valence-electron chi connectivity index (χ1n) is 5.00. The number of carboxylic acids is 1. The van der Waals surface area contributed by atoms with Gasteiger partial charge in [0.25, 0.3) is 5.95 Å². The summed E-state index contributed by atoms with van der Waals surface area (Å²) in [6.45, 7) is 1.73. The van der Waals surface area contributed by atoms with Gasteiger partial charge in [0, 0.05) is 0 Å². The molecule has 2 rings (SSSR count). The lowest BCUT2D eigenvalue weighted by Gasteiger charge is -2.12. The Labute approximate surface area is 96.5 Å². The van der Waals surface area contributed by atoms with E-state index >= 15 is 0 Å². The van der Waals surface area contributed by atoms with E-state index in [1.165, 1.54) is 0 Å². The van der Waals surface area contributed by atoms with Crippen molar-refractivity contribution in [2.24, 2.45) is 0 Å². The Hall–Kier alpha value is -2.24. The fourth-order valence-corrected chi connectivity index (χ4v) is 1.60. The normalized spacial score (nSPS) is 12.4. The molecule has 1 aromatic carbocycles. The van der Waals surface area contributed by atoms with Crippen molar-refractivity contribution in [3.8, 4) is 0 Å². The molecular formula is C11H10FN3O2. The van der Waals surface area contributed by atoms with Crippen LogP contribution in [0.2, 0.25) is 0 Å². The Bertz CT molecular complexity index is 539. The highest BCUT2D eigenvalue weighted by Crippen LogP contribution is 2.19. The van der Waals surface area contributed by atoms with Crippen molar-refractivity contribution in [3.63, 3.8) is 0 Å². The molecule has 0 aliphatic carbocycles. The zero-order valence-corrected chi connectivity index (χ0v) is 9.04. The maximum atomic E-state index is 13.2. The van der Waals surface area contributed by atoms with Crippen LogP contribution in [-0.2, 0) is 0 Å². The van der Waals surface area contributed by atoms with Crippen LogP contribution in [0.5, 0.6) is 0 Å². The van der Waals surface area contributed by atoms with E-state index in [4.69, 9.17) is 5.11 Å². The molecule has 0 aliphatic heterocycles. The summed E-state index contributed by atoms with van der Waals surface area (Å²) < 4.78 is 14.2. The maximum absolute atomic E-state index is 13.2. The van der Waals surface area contributed by atoms with Crippen LogP contribution >= 0.6 is 0 Å². The molecule has 2 aromatic rings. The van der Waals surface area contributed by atoms with Crippen molar-refractivity contribution < 1.29 is 14.3 Å². The minimum Gasteiger partial charge on any atom is -0.476 e. The SMILES string of the molecule is C[C@H](c1ccccc1)n1nnc(F)c1C(=O)O. The highest BCUT2D eigenvalue weighted by atomic mass is 19.1. The lowest BCUT2D eigenvalue weighted by Crippen LogP contribution is -2.16. The van der Waals surface area contributed by atoms with Crippen LogP contribution in [0.3, 0.4) is 0 Å². The molecule has 0 radical (unpaired) electrons. The molecule has 1 atom stereocenters. The first-order valence-corrected chi connectivity index (χ1v) is 5.00. The van der Waals surface area contributed by atoms with Gasteiger partial charge in [0.1, 0.15) is 0 Å². The highest BCUT2D eigenvalue weighted by molar-refractivity contribution is 5.85. The van der Waals surface area contributed by atoms with Crippen molar-refractivity contribution in [1.29, 1.82) is 0 Å². The summed E-state index contributed by atoms with van der Waals surface area (Å²) in [6.07, 6.45) is 0. The summed E-state index contributed by atoms with van der Waals surface area (Å²) in [6, 6.07) is 8.72. The summed E-state index contributed by atoms with van der Waals surface area (Å²) in [5.41, 5.74) is 0.307. The highest BCUT2D eigenvalue weighted by Gasteiger charge is 2.23. The molecule has 1 aromatic heterocycles. The average Bonchev–Trinajstić information content (AvgIpc) is 2.71. The molecule has 1 heterocycles. The van der Waals surface area contributed by atoms with Gasteiger partial charge in [-0.25, -0.2) is 9.48 Å². The summed E-state index contributed by atoms with van der Waals surface area (Å²) in [5.74, 6) is -2.45. The molecule has 0 aliphatic rings. The minimum absolute atomic E-state index is 0.390. The first-order chi connectivity index (χ1) is 8.11. The van der Waals surface area contributed by atoms with Gasteiger partial charge in [-0.2, -0.15) is 4.39 Å². The zero-order valence-electron chi connectivity index (χ0n) is 9.04. The fourth-order valence-electron chi connectivity index (χ4n) is 1.60. The van der Waals surface area contributed by atoms with Crippen molar-refractivity contribution in [2.75, 3.05) is 0 Å². The van der Waals surface area contributed by atoms with Crippen LogP contribution < -0.4 is 0 Å². The molecule has 17 heavy (non-hydrogen) atoms. The monoisotopic (exact) mass is 235 g/mol. The van der Waals surface area contributed by atoms with E-state index in [-0.39, 0.29) is 6.04 Å². The van der Waals surface area contributed by atoms with E-state index < -0.39 is 17.6 Å². The third-order valence-electron chi connectivity index (χ3n) is 2.50. The van der Waals surface area contributed by atoms with E-state index in [9.17, 15) is 9.18 Å². The standard InChI is InChI=1S/C11H10FN3O2/c1-7(8-5-3-2-4-6-8)15-9(11(16)17)10(12)13-14-15/h2-7H,1H3,(H,16,17)/t7-/m1/s1. The zero-order chi connectivity index (χ0) is 12.4. The van der Waals surface area contributed by atoms with E-state index in [1.54, 1.807) is 6.92 Å². The van der Waals surface area contributed by atoms with Crippen LogP contribution in [0.25, 0.3) is 0 Å². The lowest BCUT2D eigenvalue weighted by atomic mass is 10.1. The van der Waals surface area contributed by atoms with Crippen molar-refractivity contribution >= 4 is 5.97 Å². The number of hydrogen-bond acceptors (Lipinski definition) is 3. The molecule has 0 saturated heterocycles. The number of halogens is 1. The van der Waals surface area contributed by atoms with Gasteiger partial charge in [0.2, 0.25) is 5.69 Å². The van der Waals surface area contributed by atoms with Gasteiger partial charge in [-0.1, -0.05) is 40.6 Å². The number of nitrogens with zero attached hydrogens (tertiary/aromatic N) is 3. The topological polar surface area (TPSA) is 68.0 Å². The van der Waals surface area contributed by atoms with E-state index in [2.05, 4.69) is 10.3 Å². The average molecular weight is 235 g/mol. The van der Waals surface area contributed by atoms with Gasteiger partial charge in [-0.15, -0.1) is 0 Å². The molecular weight excluding hydrogens is 225 g/mol. The quantitative estimate of drug-likeness (QED) is 0.879. The van der Waals surface area contributed by atoms with Crippen molar-refractivity contribution in [2.45, 2.75) is 13.0 Å². The second-order valence-corrected chi connectivity index (χ2v) is 3.57. The molecule has 0 unspecified atom stereocenters. The Morgan fingerprint density at radius 1 is 1.41 bits per heavy atom. The van der Waals surface area contributed by atoms with E-state index in [0.29, 0.717) is 0 Å². The number of benzene rings is 1. The van der Waals surface area contributed by atoms with Crippen LogP contribution in [0.15, 0.2) is 30.3 Å². The Morgan fingerprint density at radius 3 is 2.65 bits per heavy atom. The minimum atomic E-state index is -1.38. The van der Waals surface area contributed by atoms with Gasteiger partial charge < -0.3 is 5.11 Å². The third kappa shape index (κ3) is 2.01. The third-order valence-corrected chi connectivity index (χ3v) is 2.50. The number of aromatic nitrogens is 3. The van der Waals surface area contributed by atoms with Gasteiger partial charge in [0.05, 0.1) is 6.04 Å². The molecule has 0 saturated carbocycles. The Balaban J connectivity index is 2.45. The second kappa shape index (κ2) is 4.32. The fraction of sp³-hybridized carbons (Fsp3) is 0.182. The predicted octanol–water partition coefficient (Wildman–Crippen LogP) is 1.72. The first kappa shape index (κ1) is 11.3. The van der Waals surface area contributed by atoms with Crippen LogP contribution in [0.1, 0.15) is 29.0 Å². The molecule has 0 fully saturated rings. The summed E-state index contributed by atoms with van der Waals surface area (Å²) in [5, 5.41) is 15.6. The largest absolute Gasteiger partial charge is 0.476 e. The van der Waals surface area contributed by atoms with Crippen molar-refractivity contribution in [1.82, 2.24) is 15.0 Å². The summed E-state index contributed by atoms with van der Waals surface area (Å²) in [7, 11) is 0. The molecule has 6 heteroatoms. The molecule has 88 valence electrons. The smallest absolute Gasteiger partial charge is 0.359 e. The maximum Gasteiger partial charge on any atom is 0.359 e. The molecule has 0 bridgehead atoms. The number of carbonyl (C=O) groups is 1. The van der Waals surface area contributed by atoms with Crippen LogP contribution in [0, 0.1) is 5.95 Å². The van der Waals surface area contributed by atoms with E-state index in [1.807, 2.05) is 30.3 Å². The van der Waals surface area contributed by atoms with Gasteiger partial charge in [0.15, 0.2) is 0 Å². The van der Waals surface area contributed by atoms with Crippen LogP contribution in [0.4, 0.5) is 4.39 Å². The van der Waals surface area contributed by atoms with Crippen molar-refractivity contribution in [3.05, 3.63) is 47.5 Å². The second-order valence-electron chi connectivity index (χ2n) is 3.57. The molecule has 5 nitrogen and oxygen atoms in total. The Morgan fingerprint density at radius 2 is 2.06 bits per heavy atom. The lowest BCUT2D eigenvalue weighted by molar-refractivity contribution is 0.0676. The number of hydrogen-bond donors (Lipinski definition) is 1. The van der Waals surface area contributed by atoms with Crippen LogP contribution in [-0.4, -0.2) is 26.1 Å². The van der Waals surface area contributed by atoms with Gasteiger partial charge >= 0.3 is 5.97 Å². The summed E-state index contributed by atoms with van der Waals surface area (Å²) >= 11 is 0. The number of aromatic carboxylic acids is 1. The molecule has 0 spiro atoms. The van der Waals surface area contributed by atoms with E-state index in [0.717, 1.165) is 10.2 Å². The van der Waals surface area contributed by atoms with Gasteiger partial charge in [-0.3, -0.25) is 0 Å². The molecule has 1 N–H and O–H groups in total. The summed E-state index contributed by atoms with van der Waals surface area (Å²) in [4.78, 5) is 10.9. The number of carboxylic acid groups (broad SMARTS) is 1. The Kier molecular flexibility index (Phi) is 2.86. The predicted molar refractivity (Wildman–Crippen MR) is 57.2 cm³/mol. The number of rotatable bonds is 3. The van der Waals surface area contributed by atoms with Gasteiger partial charge in [-0.05, 0) is 12.5 Å².